The molecule has 0 radical (unpaired) electrons. The van der Waals surface area contributed by atoms with Crippen LogP contribution in [0.1, 0.15) is 111 Å². The first-order valence-electron chi connectivity index (χ1n) is 12.2. The van der Waals surface area contributed by atoms with Gasteiger partial charge in [0.15, 0.2) is 0 Å². The SMILES string of the molecule is COc1c(C(C)(C)C)cc(P(Cl)c2cc(C(C)(C)C)c(CO)c(C(C)(C)C)c2)cc1C(C)(C)C. The van der Waals surface area contributed by atoms with Gasteiger partial charge in [0.2, 0.25) is 0 Å². The van der Waals surface area contributed by atoms with Gasteiger partial charge < -0.3 is 9.84 Å². The molecule has 0 aliphatic rings. The number of aliphatic hydroxyl groups is 1. The molecule has 0 amide bonds. The first-order chi connectivity index (χ1) is 15.2. The summed E-state index contributed by atoms with van der Waals surface area (Å²) in [5, 5.41) is 12.6. The summed E-state index contributed by atoms with van der Waals surface area (Å²) in [6, 6.07) is 8.97. The lowest BCUT2D eigenvalue weighted by molar-refractivity contribution is 0.275. The number of aliphatic hydroxyl groups excluding tert-OH is 1. The third-order valence-corrected chi connectivity index (χ3v) is 8.95. The van der Waals surface area contributed by atoms with E-state index >= 15 is 0 Å². The summed E-state index contributed by atoms with van der Waals surface area (Å²) in [5.41, 5.74) is 5.38. The van der Waals surface area contributed by atoms with Crippen molar-refractivity contribution in [1.29, 1.82) is 0 Å². The average molecular weight is 505 g/mol. The lowest BCUT2D eigenvalue weighted by Gasteiger charge is -2.32. The van der Waals surface area contributed by atoms with Gasteiger partial charge in [0.05, 0.1) is 21.0 Å². The highest BCUT2D eigenvalue weighted by Gasteiger charge is 2.31. The largest absolute Gasteiger partial charge is 0.496 e. The molecule has 34 heavy (non-hydrogen) atoms. The summed E-state index contributed by atoms with van der Waals surface area (Å²) in [7, 11) is 0.642. The Morgan fingerprint density at radius 2 is 0.941 bits per heavy atom. The molecule has 2 nitrogen and oxygen atoms in total. The van der Waals surface area contributed by atoms with Crippen LogP contribution in [0.5, 0.6) is 5.75 Å². The highest BCUT2D eigenvalue weighted by molar-refractivity contribution is 7.95. The van der Waals surface area contributed by atoms with E-state index in [2.05, 4.69) is 107 Å². The number of ether oxygens (including phenoxy) is 1. The Balaban J connectivity index is 2.90. The van der Waals surface area contributed by atoms with Crippen molar-refractivity contribution < 1.29 is 9.84 Å². The Morgan fingerprint density at radius 1 is 0.647 bits per heavy atom. The lowest BCUT2D eigenvalue weighted by atomic mass is 9.76. The van der Waals surface area contributed by atoms with Gasteiger partial charge in [-0.25, -0.2) is 0 Å². The number of halogens is 1. The Kier molecular flexibility index (Phi) is 8.37. The van der Waals surface area contributed by atoms with Crippen LogP contribution in [0, 0.1) is 0 Å². The molecule has 190 valence electrons. The predicted octanol–water partition coefficient (Wildman–Crippen LogP) is 7.96. The van der Waals surface area contributed by atoms with Crippen LogP contribution in [0.15, 0.2) is 24.3 Å². The van der Waals surface area contributed by atoms with Crippen molar-refractivity contribution in [1.82, 2.24) is 0 Å². The van der Waals surface area contributed by atoms with Crippen LogP contribution in [-0.2, 0) is 28.3 Å². The molecule has 0 fully saturated rings. The van der Waals surface area contributed by atoms with E-state index in [9.17, 15) is 5.11 Å². The van der Waals surface area contributed by atoms with Crippen LogP contribution in [-0.4, -0.2) is 12.2 Å². The van der Waals surface area contributed by atoms with Gasteiger partial charge in [0.1, 0.15) is 5.75 Å². The van der Waals surface area contributed by atoms with Crippen LogP contribution >= 0.6 is 18.5 Å². The number of methoxy groups -OCH3 is 1. The number of rotatable bonds is 4. The molecule has 2 aromatic rings. The maximum Gasteiger partial charge on any atom is 0.126 e. The van der Waals surface area contributed by atoms with Crippen molar-refractivity contribution in [2.75, 3.05) is 7.11 Å². The van der Waals surface area contributed by atoms with E-state index in [1.165, 1.54) is 22.3 Å². The first-order valence-corrected chi connectivity index (χ1v) is 14.5. The van der Waals surface area contributed by atoms with E-state index in [1.807, 2.05) is 0 Å². The average Bonchev–Trinajstić information content (AvgIpc) is 2.68. The molecule has 0 aliphatic carbocycles. The summed E-state index contributed by atoms with van der Waals surface area (Å²) in [4.78, 5) is 0. The van der Waals surface area contributed by atoms with Crippen LogP contribution in [0.25, 0.3) is 0 Å². The minimum absolute atomic E-state index is 0.0323. The molecule has 0 saturated heterocycles. The summed E-state index contributed by atoms with van der Waals surface area (Å²) in [6.45, 7) is 26.6. The van der Waals surface area contributed by atoms with Crippen molar-refractivity contribution >= 4 is 29.1 Å². The quantitative estimate of drug-likeness (QED) is 0.428. The molecule has 0 bridgehead atoms. The Labute approximate surface area is 215 Å². The molecule has 1 atom stereocenters. The van der Waals surface area contributed by atoms with Gasteiger partial charge in [-0.15, -0.1) is 0 Å². The standard InChI is InChI=1S/C30H46ClO2P/c1-27(2,3)22-14-19(15-23(21(22)18-32)28(4,5)6)34(31)20-16-24(29(7,8)9)26(33-13)25(17-20)30(10,11)12/h14-17,32H,18H2,1-13H3. The zero-order valence-electron chi connectivity index (χ0n) is 23.7. The second kappa shape index (κ2) is 9.76. The van der Waals surface area contributed by atoms with E-state index in [4.69, 9.17) is 16.0 Å². The van der Waals surface area contributed by atoms with Crippen LogP contribution in [0.4, 0.5) is 0 Å². The summed E-state index contributed by atoms with van der Waals surface area (Å²) >= 11 is 7.37. The minimum Gasteiger partial charge on any atom is -0.496 e. The van der Waals surface area contributed by atoms with Gasteiger partial charge in [0, 0.05) is 11.1 Å². The normalized spacial score (nSPS) is 14.3. The fourth-order valence-electron chi connectivity index (χ4n) is 4.49. The first kappa shape index (κ1) is 29.2. The summed E-state index contributed by atoms with van der Waals surface area (Å²) in [6.07, 6.45) is 0. The zero-order valence-corrected chi connectivity index (χ0v) is 25.3. The molecular formula is C30H46ClO2P. The van der Waals surface area contributed by atoms with Gasteiger partial charge in [-0.2, -0.15) is 0 Å². The van der Waals surface area contributed by atoms with Crippen molar-refractivity contribution in [2.24, 2.45) is 0 Å². The van der Waals surface area contributed by atoms with Gasteiger partial charge in [0.25, 0.3) is 0 Å². The summed E-state index contributed by atoms with van der Waals surface area (Å²) < 4.78 is 5.96. The third-order valence-electron chi connectivity index (χ3n) is 6.36. The molecule has 0 spiro atoms. The Morgan fingerprint density at radius 3 is 1.18 bits per heavy atom. The maximum atomic E-state index is 10.3. The van der Waals surface area contributed by atoms with Gasteiger partial charge in [-0.05, 0) is 73.2 Å². The van der Waals surface area contributed by atoms with Crippen LogP contribution in [0.3, 0.4) is 0 Å². The highest BCUT2D eigenvalue weighted by atomic mass is 35.7. The minimum atomic E-state index is -1.12. The zero-order chi connectivity index (χ0) is 26.4. The fourth-order valence-corrected chi connectivity index (χ4v) is 6.34. The molecule has 0 aromatic heterocycles. The second-order valence-corrected chi connectivity index (χ2v) is 16.1. The van der Waals surface area contributed by atoms with Gasteiger partial charge in [-0.3, -0.25) is 0 Å². The predicted molar refractivity (Wildman–Crippen MR) is 152 cm³/mol. The molecule has 0 saturated carbocycles. The Bertz CT molecular complexity index is 874. The van der Waals surface area contributed by atoms with E-state index < -0.39 is 7.27 Å². The molecule has 0 heterocycles. The maximum absolute atomic E-state index is 10.3. The van der Waals surface area contributed by atoms with Gasteiger partial charge in [-0.1, -0.05) is 94.3 Å². The molecule has 0 aliphatic heterocycles. The smallest absolute Gasteiger partial charge is 0.126 e. The van der Waals surface area contributed by atoms with E-state index in [-0.39, 0.29) is 28.3 Å². The molecule has 2 aromatic carbocycles. The second-order valence-electron chi connectivity index (χ2n) is 13.5. The molecule has 1 unspecified atom stereocenters. The van der Waals surface area contributed by atoms with Crippen molar-refractivity contribution in [2.45, 2.75) is 111 Å². The lowest BCUT2D eigenvalue weighted by Crippen LogP contribution is -2.26. The van der Waals surface area contributed by atoms with Crippen molar-refractivity contribution in [3.05, 3.63) is 52.1 Å². The Hall–Kier alpha value is -1.08. The number of benzene rings is 2. The molecule has 2 rings (SSSR count). The van der Waals surface area contributed by atoms with E-state index in [0.717, 1.165) is 21.9 Å². The molecule has 4 heteroatoms. The van der Waals surface area contributed by atoms with Crippen molar-refractivity contribution in [3.8, 4) is 5.75 Å². The molecule has 1 N–H and O–H groups in total. The van der Waals surface area contributed by atoms with E-state index in [1.54, 1.807) is 7.11 Å². The van der Waals surface area contributed by atoms with Gasteiger partial charge >= 0.3 is 0 Å². The monoisotopic (exact) mass is 504 g/mol. The van der Waals surface area contributed by atoms with Crippen LogP contribution < -0.4 is 15.3 Å². The summed E-state index contributed by atoms with van der Waals surface area (Å²) in [5.74, 6) is 0.963. The van der Waals surface area contributed by atoms with Crippen LogP contribution in [0.2, 0.25) is 0 Å². The fraction of sp³-hybridized carbons (Fsp3) is 0.600. The molecular weight excluding hydrogens is 459 g/mol. The third kappa shape index (κ3) is 6.18. The topological polar surface area (TPSA) is 29.5 Å². The van der Waals surface area contributed by atoms with E-state index in [0.29, 0.717) is 0 Å². The highest BCUT2D eigenvalue weighted by Crippen LogP contribution is 2.47. The van der Waals surface area contributed by atoms with Crippen molar-refractivity contribution in [3.63, 3.8) is 0 Å². The number of hydrogen-bond donors (Lipinski definition) is 1. The number of hydrogen-bond acceptors (Lipinski definition) is 2.